The van der Waals surface area contributed by atoms with Crippen molar-refractivity contribution in [3.8, 4) is 0 Å². The Bertz CT molecular complexity index is 658. The molecule has 2 atom stereocenters. The van der Waals surface area contributed by atoms with Crippen LogP contribution in [0.25, 0.3) is 0 Å². The van der Waals surface area contributed by atoms with Crippen molar-refractivity contribution in [1.29, 1.82) is 0 Å². The van der Waals surface area contributed by atoms with Crippen LogP contribution in [0.3, 0.4) is 0 Å². The highest BCUT2D eigenvalue weighted by atomic mass is 16.5. The number of imidazole rings is 1. The number of hydrogen-bond donors (Lipinski definition) is 1. The lowest BCUT2D eigenvalue weighted by Crippen LogP contribution is -2.32. The lowest BCUT2D eigenvalue weighted by molar-refractivity contribution is 0.0893. The average molecular weight is 345 g/mol. The standard InChI is InChI=1S/C18H27N5O2/c1-22(9-11-24-3)16-5-4-14(13-21-16)12-20-15-6-10-25-17(15)18-19-7-8-23(18)2/h4-5,7-8,13,15,17,20H,6,9-12H2,1-3H3/t15-,17-/m0/s1. The number of likely N-dealkylation sites (N-methyl/N-ethyl adjacent to an activating group) is 1. The molecule has 0 spiro atoms. The van der Waals surface area contributed by atoms with Crippen molar-refractivity contribution in [2.45, 2.75) is 25.1 Å². The van der Waals surface area contributed by atoms with Gasteiger partial charge in [0.25, 0.3) is 0 Å². The molecular weight excluding hydrogens is 318 g/mol. The highest BCUT2D eigenvalue weighted by Gasteiger charge is 2.31. The number of hydrogen-bond acceptors (Lipinski definition) is 6. The molecule has 0 aliphatic carbocycles. The topological polar surface area (TPSA) is 64.4 Å². The molecule has 0 unspecified atom stereocenters. The predicted molar refractivity (Wildman–Crippen MR) is 96.5 cm³/mol. The van der Waals surface area contributed by atoms with Crippen molar-refractivity contribution in [1.82, 2.24) is 19.9 Å². The first-order valence-electron chi connectivity index (χ1n) is 8.66. The number of methoxy groups -OCH3 is 1. The number of aromatic nitrogens is 3. The van der Waals surface area contributed by atoms with Crippen LogP contribution in [-0.4, -0.2) is 54.5 Å². The van der Waals surface area contributed by atoms with E-state index in [4.69, 9.17) is 9.47 Å². The van der Waals surface area contributed by atoms with Gasteiger partial charge in [-0.25, -0.2) is 9.97 Å². The maximum absolute atomic E-state index is 5.89. The molecule has 1 N–H and O–H groups in total. The van der Waals surface area contributed by atoms with E-state index >= 15 is 0 Å². The first-order chi connectivity index (χ1) is 12.2. The molecule has 7 nitrogen and oxygen atoms in total. The van der Waals surface area contributed by atoms with Crippen molar-refractivity contribution < 1.29 is 9.47 Å². The number of nitrogens with one attached hydrogen (secondary N) is 1. The maximum Gasteiger partial charge on any atom is 0.139 e. The Kier molecular flexibility index (Phi) is 6.01. The third-order valence-electron chi connectivity index (χ3n) is 4.60. The molecule has 1 aliphatic heterocycles. The van der Waals surface area contributed by atoms with Crippen LogP contribution in [0.2, 0.25) is 0 Å². The largest absolute Gasteiger partial charge is 0.383 e. The van der Waals surface area contributed by atoms with Crippen LogP contribution in [0, 0.1) is 0 Å². The van der Waals surface area contributed by atoms with Crippen molar-refractivity contribution in [3.63, 3.8) is 0 Å². The molecule has 7 heteroatoms. The molecular formula is C18H27N5O2. The van der Waals surface area contributed by atoms with Gasteiger partial charge in [-0.05, 0) is 18.1 Å². The molecule has 2 aromatic rings. The lowest BCUT2D eigenvalue weighted by Gasteiger charge is -2.20. The molecule has 1 saturated heterocycles. The molecule has 0 bridgehead atoms. The van der Waals surface area contributed by atoms with E-state index < -0.39 is 0 Å². The van der Waals surface area contributed by atoms with Crippen molar-refractivity contribution in [2.75, 3.05) is 38.8 Å². The second kappa shape index (κ2) is 8.42. The second-order valence-corrected chi connectivity index (χ2v) is 6.40. The van der Waals surface area contributed by atoms with Gasteiger partial charge in [0.2, 0.25) is 0 Å². The first-order valence-corrected chi connectivity index (χ1v) is 8.66. The van der Waals surface area contributed by atoms with Crippen molar-refractivity contribution in [3.05, 3.63) is 42.1 Å². The summed E-state index contributed by atoms with van der Waals surface area (Å²) in [7, 11) is 5.73. The molecule has 136 valence electrons. The smallest absolute Gasteiger partial charge is 0.139 e. The predicted octanol–water partition coefficient (Wildman–Crippen LogP) is 1.52. The zero-order chi connectivity index (χ0) is 17.6. The third kappa shape index (κ3) is 4.36. The molecule has 25 heavy (non-hydrogen) atoms. The molecule has 0 aromatic carbocycles. The Morgan fingerprint density at radius 2 is 2.28 bits per heavy atom. The summed E-state index contributed by atoms with van der Waals surface area (Å²) >= 11 is 0. The van der Waals surface area contributed by atoms with Gasteiger partial charge in [-0.15, -0.1) is 0 Å². The Morgan fingerprint density at radius 1 is 1.40 bits per heavy atom. The minimum absolute atomic E-state index is 0.00686. The highest BCUT2D eigenvalue weighted by molar-refractivity contribution is 5.38. The number of anilines is 1. The summed E-state index contributed by atoms with van der Waals surface area (Å²) in [4.78, 5) is 11.1. The van der Waals surface area contributed by atoms with Gasteiger partial charge in [0.05, 0.1) is 6.61 Å². The van der Waals surface area contributed by atoms with Crippen LogP contribution in [0.15, 0.2) is 30.7 Å². The number of rotatable bonds is 8. The molecule has 3 heterocycles. The number of pyridine rings is 1. The highest BCUT2D eigenvalue weighted by Crippen LogP contribution is 2.28. The van der Waals surface area contributed by atoms with Gasteiger partial charge >= 0.3 is 0 Å². The van der Waals surface area contributed by atoms with E-state index in [1.165, 1.54) is 0 Å². The van der Waals surface area contributed by atoms with Crippen LogP contribution in [0.5, 0.6) is 0 Å². The van der Waals surface area contributed by atoms with Gasteiger partial charge in [-0.3, -0.25) is 0 Å². The Labute approximate surface area is 149 Å². The molecule has 1 aliphatic rings. The van der Waals surface area contributed by atoms with Crippen LogP contribution < -0.4 is 10.2 Å². The summed E-state index contributed by atoms with van der Waals surface area (Å²) in [6.45, 7) is 3.05. The molecule has 3 rings (SSSR count). The van der Waals surface area contributed by atoms with E-state index in [0.29, 0.717) is 6.61 Å². The minimum atomic E-state index is 0.00686. The van der Waals surface area contributed by atoms with E-state index in [1.807, 2.05) is 43.3 Å². The average Bonchev–Trinajstić information content (AvgIpc) is 3.26. The van der Waals surface area contributed by atoms with E-state index in [0.717, 1.165) is 43.3 Å². The van der Waals surface area contributed by atoms with Gasteiger partial charge in [0.1, 0.15) is 17.7 Å². The fraction of sp³-hybridized carbons (Fsp3) is 0.556. The maximum atomic E-state index is 5.89. The van der Waals surface area contributed by atoms with Gasteiger partial charge in [0, 0.05) is 65.5 Å². The van der Waals surface area contributed by atoms with Crippen LogP contribution in [-0.2, 0) is 23.1 Å². The van der Waals surface area contributed by atoms with E-state index in [2.05, 4.69) is 26.3 Å². The zero-order valence-corrected chi connectivity index (χ0v) is 15.2. The van der Waals surface area contributed by atoms with Crippen molar-refractivity contribution in [2.24, 2.45) is 7.05 Å². The summed E-state index contributed by atoms with van der Waals surface area (Å²) in [5.41, 5.74) is 1.16. The van der Waals surface area contributed by atoms with E-state index in [9.17, 15) is 0 Å². The number of ether oxygens (including phenoxy) is 2. The van der Waals surface area contributed by atoms with Gasteiger partial charge in [0.15, 0.2) is 0 Å². The summed E-state index contributed by atoms with van der Waals surface area (Å²) in [6.07, 6.45) is 6.69. The second-order valence-electron chi connectivity index (χ2n) is 6.40. The summed E-state index contributed by atoms with van der Waals surface area (Å²) in [5, 5.41) is 3.59. The number of nitrogens with zero attached hydrogens (tertiary/aromatic N) is 4. The zero-order valence-electron chi connectivity index (χ0n) is 15.2. The summed E-state index contributed by atoms with van der Waals surface area (Å²) in [6, 6.07) is 4.43. The minimum Gasteiger partial charge on any atom is -0.383 e. The van der Waals surface area contributed by atoms with Gasteiger partial charge in [-0.2, -0.15) is 0 Å². The molecule has 0 radical (unpaired) electrons. The van der Waals surface area contributed by atoms with Crippen molar-refractivity contribution >= 4 is 5.82 Å². The van der Waals surface area contributed by atoms with Crippen LogP contribution in [0.4, 0.5) is 5.82 Å². The SMILES string of the molecule is COCCN(C)c1ccc(CN[C@H]2CCO[C@@H]2c2nccn2C)cn1. The Hall–Kier alpha value is -1.96. The fourth-order valence-corrected chi connectivity index (χ4v) is 3.04. The van der Waals surface area contributed by atoms with Crippen LogP contribution in [0.1, 0.15) is 23.9 Å². The molecule has 2 aromatic heterocycles. The third-order valence-corrected chi connectivity index (χ3v) is 4.60. The number of aryl methyl sites for hydroxylation is 1. The summed E-state index contributed by atoms with van der Waals surface area (Å²) < 4.78 is 13.0. The van der Waals surface area contributed by atoms with E-state index in [-0.39, 0.29) is 12.1 Å². The fourth-order valence-electron chi connectivity index (χ4n) is 3.04. The lowest BCUT2D eigenvalue weighted by atomic mass is 10.1. The Balaban J connectivity index is 1.55. The van der Waals surface area contributed by atoms with Gasteiger partial charge < -0.3 is 24.3 Å². The monoisotopic (exact) mass is 345 g/mol. The van der Waals surface area contributed by atoms with Crippen LogP contribution >= 0.6 is 0 Å². The quantitative estimate of drug-likeness (QED) is 0.783. The normalized spacial score (nSPS) is 20.1. The van der Waals surface area contributed by atoms with E-state index in [1.54, 1.807) is 7.11 Å². The Morgan fingerprint density at radius 3 is 2.96 bits per heavy atom. The molecule has 1 fully saturated rings. The van der Waals surface area contributed by atoms with Gasteiger partial charge in [-0.1, -0.05) is 6.07 Å². The molecule has 0 saturated carbocycles. The first kappa shape index (κ1) is 17.8. The summed E-state index contributed by atoms with van der Waals surface area (Å²) in [5.74, 6) is 1.93. The molecule has 0 amide bonds.